The largest absolute Gasteiger partial charge is 0.390 e. The first-order valence-corrected chi connectivity index (χ1v) is 6.47. The molecule has 1 saturated heterocycles. The molecule has 0 bridgehead atoms. The molecule has 0 spiro atoms. The molecule has 17 heavy (non-hydrogen) atoms. The average molecular weight is 234 g/mol. The van der Waals surface area contributed by atoms with Crippen molar-refractivity contribution in [3.63, 3.8) is 0 Å². The Morgan fingerprint density at radius 3 is 2.71 bits per heavy atom. The van der Waals surface area contributed by atoms with Gasteiger partial charge in [0.2, 0.25) is 0 Å². The van der Waals surface area contributed by atoms with Crippen LogP contribution in [0.4, 0.5) is 0 Å². The van der Waals surface area contributed by atoms with Gasteiger partial charge in [-0.15, -0.1) is 0 Å². The highest BCUT2D eigenvalue weighted by Gasteiger charge is 2.29. The third-order valence-electron chi connectivity index (χ3n) is 3.47. The quantitative estimate of drug-likeness (QED) is 0.794. The molecule has 3 nitrogen and oxygen atoms in total. The molecule has 1 aromatic carbocycles. The minimum Gasteiger partial charge on any atom is -0.390 e. The summed E-state index contributed by atoms with van der Waals surface area (Å²) < 4.78 is 0. The molecule has 0 amide bonds. The van der Waals surface area contributed by atoms with E-state index < -0.39 is 0 Å². The molecule has 0 saturated carbocycles. The molecule has 0 radical (unpaired) electrons. The lowest BCUT2D eigenvalue weighted by atomic mass is 10.1. The highest BCUT2D eigenvalue weighted by Crippen LogP contribution is 2.09. The number of aliphatic hydroxyl groups excluding tert-OH is 1. The van der Waals surface area contributed by atoms with E-state index in [0.717, 1.165) is 32.6 Å². The number of hydrogen-bond donors (Lipinski definition) is 2. The second kappa shape index (κ2) is 6.15. The number of hydrogen-bond acceptors (Lipinski definition) is 3. The maximum Gasteiger partial charge on any atom is 0.0832 e. The average Bonchev–Trinajstić information content (AvgIpc) is 2.72. The van der Waals surface area contributed by atoms with Gasteiger partial charge in [-0.2, -0.15) is 0 Å². The van der Waals surface area contributed by atoms with Gasteiger partial charge in [-0.05, 0) is 25.1 Å². The number of benzene rings is 1. The zero-order valence-electron chi connectivity index (χ0n) is 10.5. The van der Waals surface area contributed by atoms with E-state index in [-0.39, 0.29) is 12.1 Å². The number of rotatable bonds is 5. The molecule has 2 N–H and O–H groups in total. The minimum absolute atomic E-state index is 0.217. The van der Waals surface area contributed by atoms with E-state index >= 15 is 0 Å². The molecule has 2 rings (SSSR count). The van der Waals surface area contributed by atoms with Crippen LogP contribution in [-0.4, -0.2) is 48.3 Å². The number of aliphatic hydroxyl groups is 1. The van der Waals surface area contributed by atoms with Crippen LogP contribution in [0.1, 0.15) is 12.5 Å². The predicted molar refractivity (Wildman–Crippen MR) is 70.1 cm³/mol. The van der Waals surface area contributed by atoms with Crippen molar-refractivity contribution in [2.24, 2.45) is 0 Å². The van der Waals surface area contributed by atoms with Gasteiger partial charge in [0.1, 0.15) is 0 Å². The lowest BCUT2D eigenvalue weighted by Crippen LogP contribution is -2.40. The van der Waals surface area contributed by atoms with E-state index in [9.17, 15) is 5.11 Å². The Hall–Kier alpha value is -0.900. The summed E-state index contributed by atoms with van der Waals surface area (Å²) in [6, 6.07) is 10.7. The van der Waals surface area contributed by atoms with Crippen LogP contribution in [0.25, 0.3) is 0 Å². The minimum atomic E-state index is -0.217. The van der Waals surface area contributed by atoms with Crippen molar-refractivity contribution >= 4 is 0 Å². The molecule has 0 aliphatic carbocycles. The molecular weight excluding hydrogens is 212 g/mol. The maximum absolute atomic E-state index is 9.88. The second-order valence-corrected chi connectivity index (χ2v) is 4.72. The topological polar surface area (TPSA) is 35.5 Å². The Kier molecular flexibility index (Phi) is 4.54. The van der Waals surface area contributed by atoms with Gasteiger partial charge < -0.3 is 10.4 Å². The third kappa shape index (κ3) is 3.53. The molecule has 2 unspecified atom stereocenters. The van der Waals surface area contributed by atoms with Gasteiger partial charge in [-0.1, -0.05) is 37.3 Å². The van der Waals surface area contributed by atoms with Gasteiger partial charge in [0, 0.05) is 19.1 Å². The normalized spacial score (nSPS) is 25.3. The summed E-state index contributed by atoms with van der Waals surface area (Å²) in [5.74, 6) is 0. The van der Waals surface area contributed by atoms with E-state index in [1.807, 2.05) is 6.07 Å². The van der Waals surface area contributed by atoms with Gasteiger partial charge >= 0.3 is 0 Å². The Balaban J connectivity index is 1.72. The zero-order chi connectivity index (χ0) is 12.1. The summed E-state index contributed by atoms with van der Waals surface area (Å²) in [5, 5.41) is 13.3. The van der Waals surface area contributed by atoms with Crippen LogP contribution < -0.4 is 5.32 Å². The first-order chi connectivity index (χ1) is 8.29. The molecule has 1 aliphatic rings. The Morgan fingerprint density at radius 1 is 1.29 bits per heavy atom. The lowest BCUT2D eigenvalue weighted by Gasteiger charge is -2.15. The number of likely N-dealkylation sites (tertiary alicyclic amines) is 1. The fourth-order valence-corrected chi connectivity index (χ4v) is 2.37. The number of β-amino-alcohol motifs (C(OH)–C–C–N with tert-alkyl or cyclic N) is 1. The zero-order valence-corrected chi connectivity index (χ0v) is 10.5. The Bertz CT molecular complexity index is 328. The first kappa shape index (κ1) is 12.6. The van der Waals surface area contributed by atoms with Gasteiger partial charge in [0.15, 0.2) is 0 Å². The van der Waals surface area contributed by atoms with Crippen LogP contribution in [0.2, 0.25) is 0 Å². The summed E-state index contributed by atoms with van der Waals surface area (Å²) >= 11 is 0. The van der Waals surface area contributed by atoms with E-state index in [1.54, 1.807) is 0 Å². The highest BCUT2D eigenvalue weighted by atomic mass is 16.3. The highest BCUT2D eigenvalue weighted by molar-refractivity contribution is 5.14. The molecule has 3 heteroatoms. The van der Waals surface area contributed by atoms with Crippen LogP contribution in [-0.2, 0) is 6.42 Å². The molecule has 2 atom stereocenters. The van der Waals surface area contributed by atoms with Gasteiger partial charge in [0.05, 0.1) is 6.10 Å². The van der Waals surface area contributed by atoms with Gasteiger partial charge in [-0.25, -0.2) is 0 Å². The first-order valence-electron chi connectivity index (χ1n) is 6.47. The van der Waals surface area contributed by atoms with E-state index in [2.05, 4.69) is 41.4 Å². The number of likely N-dealkylation sites (N-methyl/N-ethyl adjacent to an activating group) is 1. The molecule has 94 valence electrons. The van der Waals surface area contributed by atoms with Crippen molar-refractivity contribution < 1.29 is 5.11 Å². The molecule has 1 fully saturated rings. The van der Waals surface area contributed by atoms with Gasteiger partial charge in [-0.3, -0.25) is 4.90 Å². The third-order valence-corrected chi connectivity index (χ3v) is 3.47. The SMILES string of the molecule is CCN1CC(O)C(NCCc2ccccc2)C1. The van der Waals surface area contributed by atoms with Crippen LogP contribution in [0, 0.1) is 0 Å². The summed E-state index contributed by atoms with van der Waals surface area (Å²) in [6.07, 6.45) is 0.807. The van der Waals surface area contributed by atoms with Crippen molar-refractivity contribution in [3.8, 4) is 0 Å². The molecule has 1 aliphatic heterocycles. The van der Waals surface area contributed by atoms with E-state index in [0.29, 0.717) is 0 Å². The summed E-state index contributed by atoms with van der Waals surface area (Å²) in [6.45, 7) is 5.86. The fraction of sp³-hybridized carbons (Fsp3) is 0.571. The Morgan fingerprint density at radius 2 is 2.06 bits per heavy atom. The Labute approximate surface area is 103 Å². The maximum atomic E-state index is 9.88. The lowest BCUT2D eigenvalue weighted by molar-refractivity contribution is 0.155. The van der Waals surface area contributed by atoms with Gasteiger partial charge in [0.25, 0.3) is 0 Å². The number of nitrogens with zero attached hydrogens (tertiary/aromatic N) is 1. The van der Waals surface area contributed by atoms with Crippen LogP contribution in [0.5, 0.6) is 0 Å². The van der Waals surface area contributed by atoms with E-state index in [1.165, 1.54) is 5.56 Å². The fourth-order valence-electron chi connectivity index (χ4n) is 2.37. The van der Waals surface area contributed by atoms with Crippen molar-refractivity contribution in [3.05, 3.63) is 35.9 Å². The second-order valence-electron chi connectivity index (χ2n) is 4.72. The van der Waals surface area contributed by atoms with Crippen LogP contribution in [0.3, 0.4) is 0 Å². The summed E-state index contributed by atoms with van der Waals surface area (Å²) in [5.41, 5.74) is 1.35. The predicted octanol–water partition coefficient (Wildman–Crippen LogP) is 0.884. The standard InChI is InChI=1S/C14H22N2O/c1-2-16-10-13(14(17)11-16)15-9-8-12-6-4-3-5-7-12/h3-7,13-15,17H,2,8-11H2,1H3. The van der Waals surface area contributed by atoms with Crippen molar-refractivity contribution in [1.82, 2.24) is 10.2 Å². The molecule has 1 aromatic rings. The monoisotopic (exact) mass is 234 g/mol. The molecule has 1 heterocycles. The van der Waals surface area contributed by atoms with Crippen molar-refractivity contribution in [1.29, 1.82) is 0 Å². The molecular formula is C14H22N2O. The van der Waals surface area contributed by atoms with Crippen molar-refractivity contribution in [2.75, 3.05) is 26.2 Å². The molecule has 0 aromatic heterocycles. The van der Waals surface area contributed by atoms with Crippen molar-refractivity contribution in [2.45, 2.75) is 25.5 Å². The van der Waals surface area contributed by atoms with Crippen LogP contribution in [0.15, 0.2) is 30.3 Å². The smallest absolute Gasteiger partial charge is 0.0832 e. The number of nitrogens with one attached hydrogen (secondary N) is 1. The van der Waals surface area contributed by atoms with Crippen LogP contribution >= 0.6 is 0 Å². The summed E-state index contributed by atoms with van der Waals surface area (Å²) in [4.78, 5) is 2.28. The summed E-state index contributed by atoms with van der Waals surface area (Å²) in [7, 11) is 0. The van der Waals surface area contributed by atoms with E-state index in [4.69, 9.17) is 0 Å².